The molecule has 0 bridgehead atoms. The van der Waals surface area contributed by atoms with Gasteiger partial charge in [-0.3, -0.25) is 0 Å². The van der Waals surface area contributed by atoms with Gasteiger partial charge in [0.1, 0.15) is 0 Å². The SMILES string of the molecule is c1coc(-c2cc3[se]c4cc(-c5ccco5)c5cc6ccccc6cc5c4c3c3cc4ccccc4cc23)c1. The Bertz CT molecular complexity index is 2200. The molecule has 39 heavy (non-hydrogen) atoms. The summed E-state index contributed by atoms with van der Waals surface area (Å²) in [5.74, 6) is 1.83. The summed E-state index contributed by atoms with van der Waals surface area (Å²) in [4.78, 5) is 0. The number of rotatable bonds is 2. The fourth-order valence-electron chi connectivity index (χ4n) is 6.23. The van der Waals surface area contributed by atoms with Crippen molar-refractivity contribution in [2.45, 2.75) is 0 Å². The van der Waals surface area contributed by atoms with E-state index in [0.717, 1.165) is 22.6 Å². The van der Waals surface area contributed by atoms with Gasteiger partial charge in [0.25, 0.3) is 0 Å². The van der Waals surface area contributed by atoms with Gasteiger partial charge >= 0.3 is 230 Å². The molecule has 0 atom stereocenters. The van der Waals surface area contributed by atoms with Crippen LogP contribution in [0.15, 0.2) is 131 Å². The third-order valence-corrected chi connectivity index (χ3v) is 10.3. The fourth-order valence-corrected chi connectivity index (χ4v) is 8.79. The normalized spacial score (nSPS) is 12.1. The number of hydrogen-bond donors (Lipinski definition) is 0. The molecular weight excluding hydrogens is 543 g/mol. The van der Waals surface area contributed by atoms with Gasteiger partial charge in [-0.1, -0.05) is 0 Å². The van der Waals surface area contributed by atoms with Crippen LogP contribution in [-0.2, 0) is 0 Å². The number of benzene rings is 6. The van der Waals surface area contributed by atoms with Crippen LogP contribution in [0.5, 0.6) is 0 Å². The van der Waals surface area contributed by atoms with Crippen LogP contribution in [0.1, 0.15) is 0 Å². The third-order valence-electron chi connectivity index (χ3n) is 7.98. The molecule has 0 fully saturated rings. The van der Waals surface area contributed by atoms with Gasteiger partial charge in [0, 0.05) is 0 Å². The molecule has 0 aliphatic rings. The average molecular weight is 564 g/mol. The van der Waals surface area contributed by atoms with E-state index in [9.17, 15) is 0 Å². The Morgan fingerprint density at radius 2 is 0.821 bits per heavy atom. The molecule has 2 nitrogen and oxygen atoms in total. The molecule has 0 saturated carbocycles. The van der Waals surface area contributed by atoms with E-state index in [-0.39, 0.29) is 14.5 Å². The summed E-state index contributed by atoms with van der Waals surface area (Å²) in [5, 5.41) is 12.8. The minimum atomic E-state index is 0.146. The molecule has 0 spiro atoms. The Kier molecular flexibility index (Phi) is 4.37. The van der Waals surface area contributed by atoms with Crippen molar-refractivity contribution in [3.8, 4) is 22.6 Å². The van der Waals surface area contributed by atoms with Crippen LogP contribution in [0.4, 0.5) is 0 Å². The summed E-state index contributed by atoms with van der Waals surface area (Å²) in [5.41, 5.74) is 2.32. The predicted molar refractivity (Wildman–Crippen MR) is 164 cm³/mol. The molecule has 3 heterocycles. The van der Waals surface area contributed by atoms with Crippen molar-refractivity contribution in [1.29, 1.82) is 0 Å². The quantitative estimate of drug-likeness (QED) is 0.155. The number of hydrogen-bond acceptors (Lipinski definition) is 2. The molecular formula is C36H20O2Se. The van der Waals surface area contributed by atoms with Gasteiger partial charge in [-0.05, 0) is 0 Å². The molecule has 9 rings (SSSR count). The van der Waals surface area contributed by atoms with Crippen LogP contribution in [0.25, 0.3) is 85.0 Å². The van der Waals surface area contributed by atoms with E-state index in [1.54, 1.807) is 12.5 Å². The first-order valence-corrected chi connectivity index (χ1v) is 14.8. The van der Waals surface area contributed by atoms with Crippen LogP contribution in [0, 0.1) is 0 Å². The molecule has 6 aromatic carbocycles. The van der Waals surface area contributed by atoms with Crippen molar-refractivity contribution in [1.82, 2.24) is 0 Å². The van der Waals surface area contributed by atoms with Gasteiger partial charge in [0.15, 0.2) is 0 Å². The summed E-state index contributed by atoms with van der Waals surface area (Å²) in [6, 6.07) is 39.6. The summed E-state index contributed by atoms with van der Waals surface area (Å²) >= 11 is 0.146. The second kappa shape index (κ2) is 7.97. The second-order valence-electron chi connectivity index (χ2n) is 10.1. The Balaban J connectivity index is 1.54. The fraction of sp³-hybridized carbons (Fsp3) is 0. The number of furan rings is 2. The molecule has 0 N–H and O–H groups in total. The molecule has 0 aliphatic carbocycles. The van der Waals surface area contributed by atoms with Crippen LogP contribution in [0.2, 0.25) is 0 Å². The van der Waals surface area contributed by atoms with E-state index in [1.807, 2.05) is 12.1 Å². The Hall–Kier alpha value is -4.56. The molecule has 0 aliphatic heterocycles. The Morgan fingerprint density at radius 1 is 0.410 bits per heavy atom. The standard InChI is InChI=1S/C36H20O2Se/c1-3-9-23-17-29-25(15-21(23)7-1)27(31-11-5-13-37-31)19-33-35(29)36-30-18-24-10-4-2-8-22(24)16-26(30)28(20-34(36)39-33)32-12-6-14-38-32/h1-20H. The van der Waals surface area contributed by atoms with Gasteiger partial charge in [0.05, 0.1) is 0 Å². The summed E-state index contributed by atoms with van der Waals surface area (Å²) in [7, 11) is 0. The van der Waals surface area contributed by atoms with Crippen LogP contribution >= 0.6 is 0 Å². The molecule has 182 valence electrons. The first-order chi connectivity index (χ1) is 19.3. The summed E-state index contributed by atoms with van der Waals surface area (Å²) in [6.45, 7) is 0. The van der Waals surface area contributed by atoms with E-state index < -0.39 is 0 Å². The molecule has 0 amide bonds. The van der Waals surface area contributed by atoms with Crippen LogP contribution in [0.3, 0.4) is 0 Å². The molecule has 3 heteroatoms. The van der Waals surface area contributed by atoms with Crippen molar-refractivity contribution in [2.24, 2.45) is 0 Å². The zero-order valence-corrected chi connectivity index (χ0v) is 22.5. The van der Waals surface area contributed by atoms with Crippen molar-refractivity contribution in [2.75, 3.05) is 0 Å². The minimum absolute atomic E-state index is 0.146. The van der Waals surface area contributed by atoms with Gasteiger partial charge in [-0.25, -0.2) is 0 Å². The van der Waals surface area contributed by atoms with E-state index in [4.69, 9.17) is 8.83 Å². The molecule has 0 radical (unpaired) electrons. The molecule has 9 aromatic rings. The monoisotopic (exact) mass is 564 g/mol. The number of fused-ring (bicyclic) bond motifs is 9. The van der Waals surface area contributed by atoms with Crippen LogP contribution in [-0.4, -0.2) is 14.5 Å². The van der Waals surface area contributed by atoms with Gasteiger partial charge in [-0.2, -0.15) is 0 Å². The maximum absolute atomic E-state index is 5.96. The van der Waals surface area contributed by atoms with Gasteiger partial charge in [0.2, 0.25) is 0 Å². The Morgan fingerprint density at radius 3 is 1.21 bits per heavy atom. The summed E-state index contributed by atoms with van der Waals surface area (Å²) < 4.78 is 14.7. The van der Waals surface area contributed by atoms with E-state index in [0.29, 0.717) is 0 Å². The molecule has 0 unspecified atom stereocenters. The van der Waals surface area contributed by atoms with E-state index in [2.05, 4.69) is 97.1 Å². The molecule has 0 saturated heterocycles. The average Bonchev–Trinajstić information content (AvgIpc) is 3.75. The van der Waals surface area contributed by atoms with Crippen molar-refractivity contribution in [3.63, 3.8) is 0 Å². The van der Waals surface area contributed by atoms with Crippen molar-refractivity contribution < 1.29 is 8.83 Å². The first-order valence-electron chi connectivity index (χ1n) is 13.1. The zero-order chi connectivity index (χ0) is 25.5. The predicted octanol–water partition coefficient (Wildman–Crippen LogP) is 10.2. The topological polar surface area (TPSA) is 26.3 Å². The van der Waals surface area contributed by atoms with E-state index in [1.165, 1.54) is 62.4 Å². The second-order valence-corrected chi connectivity index (χ2v) is 12.4. The van der Waals surface area contributed by atoms with Crippen molar-refractivity contribution in [3.05, 3.63) is 122 Å². The van der Waals surface area contributed by atoms with Gasteiger partial charge < -0.3 is 0 Å². The van der Waals surface area contributed by atoms with E-state index >= 15 is 0 Å². The maximum atomic E-state index is 5.96. The Labute approximate surface area is 229 Å². The summed E-state index contributed by atoms with van der Waals surface area (Å²) in [6.07, 6.45) is 3.53. The third kappa shape index (κ3) is 3.09. The van der Waals surface area contributed by atoms with Crippen LogP contribution < -0.4 is 0 Å². The van der Waals surface area contributed by atoms with Crippen molar-refractivity contribution >= 4 is 76.9 Å². The zero-order valence-electron chi connectivity index (χ0n) is 20.8. The van der Waals surface area contributed by atoms with Gasteiger partial charge in [-0.15, -0.1) is 0 Å². The first kappa shape index (κ1) is 21.4. The molecule has 3 aromatic heterocycles.